The third-order valence-electron chi connectivity index (χ3n) is 6.26. The molecule has 1 aromatic rings. The molecule has 5 nitrogen and oxygen atoms in total. The number of aliphatic hydroxyl groups is 1. The number of carbonyl (C=O) groups excluding carboxylic acids is 1. The number of nitrogens with one attached hydrogen (secondary N) is 1. The molecular weight excluding hydrogens is 278 g/mol. The van der Waals surface area contributed by atoms with E-state index in [1.165, 1.54) is 19.3 Å². The van der Waals surface area contributed by atoms with Gasteiger partial charge in [-0.1, -0.05) is 0 Å². The van der Waals surface area contributed by atoms with E-state index in [1.54, 1.807) is 23.3 Å². The summed E-state index contributed by atoms with van der Waals surface area (Å²) in [6.07, 6.45) is 11.6. The van der Waals surface area contributed by atoms with E-state index in [0.29, 0.717) is 18.4 Å². The quantitative estimate of drug-likeness (QED) is 0.890. The summed E-state index contributed by atoms with van der Waals surface area (Å²) in [5.74, 6) is 1.34. The first kappa shape index (κ1) is 14.2. The van der Waals surface area contributed by atoms with Crippen LogP contribution in [0.5, 0.6) is 0 Å². The summed E-state index contributed by atoms with van der Waals surface area (Å²) >= 11 is 0. The normalized spacial score (nSPS) is 40.6. The van der Waals surface area contributed by atoms with Crippen LogP contribution in [-0.2, 0) is 11.3 Å². The van der Waals surface area contributed by atoms with Crippen molar-refractivity contribution in [2.75, 3.05) is 0 Å². The topological polar surface area (TPSA) is 67.2 Å². The highest BCUT2D eigenvalue weighted by atomic mass is 16.3. The van der Waals surface area contributed by atoms with Crippen molar-refractivity contribution >= 4 is 5.91 Å². The van der Waals surface area contributed by atoms with Crippen molar-refractivity contribution in [3.63, 3.8) is 0 Å². The highest BCUT2D eigenvalue weighted by molar-refractivity contribution is 5.76. The predicted molar refractivity (Wildman–Crippen MR) is 81.9 cm³/mol. The smallest absolute Gasteiger partial charge is 0.240 e. The SMILES string of the molecule is C[C@H](NC(=O)Cn1ccnc1)C12C[C@H]3C[C@@H](CC(O)(C3)C1)C2. The maximum absolute atomic E-state index is 12.3. The molecule has 0 spiro atoms. The molecule has 22 heavy (non-hydrogen) atoms. The van der Waals surface area contributed by atoms with Gasteiger partial charge in [-0.3, -0.25) is 4.79 Å². The molecule has 3 atom stereocenters. The van der Waals surface area contributed by atoms with Gasteiger partial charge in [-0.05, 0) is 62.7 Å². The molecule has 1 aromatic heterocycles. The number of carbonyl (C=O) groups is 1. The molecule has 4 aliphatic rings. The summed E-state index contributed by atoms with van der Waals surface area (Å²) < 4.78 is 1.79. The maximum atomic E-state index is 12.3. The van der Waals surface area contributed by atoms with Crippen molar-refractivity contribution in [2.45, 2.75) is 63.6 Å². The molecule has 2 N–H and O–H groups in total. The second kappa shape index (κ2) is 4.82. The van der Waals surface area contributed by atoms with Gasteiger partial charge in [-0.25, -0.2) is 4.98 Å². The Morgan fingerprint density at radius 2 is 2.14 bits per heavy atom. The number of aromatic nitrogens is 2. The monoisotopic (exact) mass is 303 g/mol. The Kier molecular flexibility index (Phi) is 3.12. The standard InChI is InChI=1S/C17H25N3O2/c1-12(19-15(21)9-20-3-2-18-11-20)16-5-13-4-14(6-16)8-17(22,7-13)10-16/h2-3,11-14,22H,4-10H2,1H3,(H,19,21)/t12-,13+,14+,16?,17?/m0/s1. The van der Waals surface area contributed by atoms with Crippen LogP contribution in [0.3, 0.4) is 0 Å². The lowest BCUT2D eigenvalue weighted by Crippen LogP contribution is -2.61. The van der Waals surface area contributed by atoms with E-state index in [1.807, 2.05) is 0 Å². The Hall–Kier alpha value is -1.36. The summed E-state index contributed by atoms with van der Waals surface area (Å²) in [5.41, 5.74) is -0.364. The van der Waals surface area contributed by atoms with E-state index in [-0.39, 0.29) is 17.4 Å². The van der Waals surface area contributed by atoms with Crippen LogP contribution < -0.4 is 5.32 Å². The van der Waals surface area contributed by atoms with Gasteiger partial charge in [0, 0.05) is 18.4 Å². The second-order valence-electron chi connectivity index (χ2n) is 8.07. The van der Waals surface area contributed by atoms with E-state index in [2.05, 4.69) is 17.2 Å². The summed E-state index contributed by atoms with van der Waals surface area (Å²) in [7, 11) is 0. The maximum Gasteiger partial charge on any atom is 0.240 e. The van der Waals surface area contributed by atoms with Crippen LogP contribution in [0.15, 0.2) is 18.7 Å². The Bertz CT molecular complexity index is 554. The van der Waals surface area contributed by atoms with Crippen LogP contribution in [0.25, 0.3) is 0 Å². The highest BCUT2D eigenvalue weighted by Gasteiger charge is 2.58. The van der Waals surface area contributed by atoms with Crippen LogP contribution >= 0.6 is 0 Å². The first-order chi connectivity index (χ1) is 10.5. The molecule has 5 rings (SSSR count). The first-order valence-corrected chi connectivity index (χ1v) is 8.44. The fraction of sp³-hybridized carbons (Fsp3) is 0.765. The lowest BCUT2D eigenvalue weighted by molar-refractivity contribution is -0.173. The third-order valence-corrected chi connectivity index (χ3v) is 6.26. The number of imidazole rings is 1. The molecule has 1 amide bonds. The molecule has 120 valence electrons. The Morgan fingerprint density at radius 1 is 1.41 bits per heavy atom. The van der Waals surface area contributed by atoms with Gasteiger partial charge in [0.25, 0.3) is 0 Å². The van der Waals surface area contributed by atoms with Crippen molar-refractivity contribution < 1.29 is 9.90 Å². The predicted octanol–water partition coefficient (Wildman–Crippen LogP) is 1.72. The average molecular weight is 303 g/mol. The van der Waals surface area contributed by atoms with E-state index >= 15 is 0 Å². The largest absolute Gasteiger partial charge is 0.390 e. The third kappa shape index (κ3) is 2.35. The highest BCUT2D eigenvalue weighted by Crippen LogP contribution is 2.62. The number of amides is 1. The van der Waals surface area contributed by atoms with E-state index in [9.17, 15) is 9.90 Å². The molecule has 5 heteroatoms. The average Bonchev–Trinajstić information content (AvgIpc) is 2.88. The number of hydrogen-bond acceptors (Lipinski definition) is 3. The van der Waals surface area contributed by atoms with Crippen LogP contribution in [-0.4, -0.2) is 32.2 Å². The summed E-state index contributed by atoms with van der Waals surface area (Å²) in [5, 5.41) is 14.0. The number of hydrogen-bond donors (Lipinski definition) is 2. The van der Waals surface area contributed by atoms with Gasteiger partial charge < -0.3 is 15.0 Å². The van der Waals surface area contributed by atoms with Gasteiger partial charge in [0.15, 0.2) is 0 Å². The van der Waals surface area contributed by atoms with Crippen molar-refractivity contribution in [3.05, 3.63) is 18.7 Å². The zero-order valence-corrected chi connectivity index (χ0v) is 13.2. The Labute approximate surface area is 131 Å². The van der Waals surface area contributed by atoms with Gasteiger partial charge in [-0.2, -0.15) is 0 Å². The molecule has 0 aromatic carbocycles. The zero-order chi connectivity index (χ0) is 15.4. The minimum absolute atomic E-state index is 0.0354. The lowest BCUT2D eigenvalue weighted by Gasteiger charge is -2.62. The van der Waals surface area contributed by atoms with Crippen LogP contribution in [0.4, 0.5) is 0 Å². The van der Waals surface area contributed by atoms with Crippen LogP contribution in [0.2, 0.25) is 0 Å². The summed E-state index contributed by atoms with van der Waals surface area (Å²) in [4.78, 5) is 16.2. The van der Waals surface area contributed by atoms with Crippen LogP contribution in [0.1, 0.15) is 45.4 Å². The van der Waals surface area contributed by atoms with E-state index in [0.717, 1.165) is 19.3 Å². The van der Waals surface area contributed by atoms with Crippen molar-refractivity contribution in [2.24, 2.45) is 17.3 Å². The van der Waals surface area contributed by atoms with Gasteiger partial charge in [0.1, 0.15) is 6.54 Å². The fourth-order valence-corrected chi connectivity index (χ4v) is 5.78. The summed E-state index contributed by atoms with van der Waals surface area (Å²) in [6.45, 7) is 2.44. The molecule has 0 aliphatic heterocycles. The van der Waals surface area contributed by atoms with E-state index in [4.69, 9.17) is 0 Å². The van der Waals surface area contributed by atoms with E-state index < -0.39 is 5.60 Å². The van der Waals surface area contributed by atoms with Crippen LogP contribution in [0, 0.1) is 17.3 Å². The van der Waals surface area contributed by atoms with Crippen molar-refractivity contribution in [1.29, 1.82) is 0 Å². The minimum atomic E-state index is -0.465. The molecule has 4 bridgehead atoms. The van der Waals surface area contributed by atoms with Crippen molar-refractivity contribution in [3.8, 4) is 0 Å². The molecule has 0 saturated heterocycles. The summed E-state index contributed by atoms with van der Waals surface area (Å²) in [6, 6.07) is 0.126. The Balaban J connectivity index is 1.46. The Morgan fingerprint density at radius 3 is 2.73 bits per heavy atom. The van der Waals surface area contributed by atoms with Crippen molar-refractivity contribution in [1.82, 2.24) is 14.9 Å². The molecule has 4 saturated carbocycles. The van der Waals surface area contributed by atoms with Gasteiger partial charge in [0.05, 0.1) is 11.9 Å². The molecule has 4 fully saturated rings. The molecule has 0 radical (unpaired) electrons. The number of nitrogens with zero attached hydrogens (tertiary/aromatic N) is 2. The van der Waals surface area contributed by atoms with Gasteiger partial charge in [0.2, 0.25) is 5.91 Å². The van der Waals surface area contributed by atoms with Gasteiger partial charge in [-0.15, -0.1) is 0 Å². The van der Waals surface area contributed by atoms with Gasteiger partial charge >= 0.3 is 0 Å². The lowest BCUT2D eigenvalue weighted by atomic mass is 9.46. The zero-order valence-electron chi connectivity index (χ0n) is 13.2. The molecule has 4 aliphatic carbocycles. The molecule has 1 heterocycles. The number of rotatable bonds is 4. The minimum Gasteiger partial charge on any atom is -0.390 e. The fourth-order valence-electron chi connectivity index (χ4n) is 5.78. The molecule has 0 unspecified atom stereocenters. The first-order valence-electron chi connectivity index (χ1n) is 8.44. The second-order valence-corrected chi connectivity index (χ2v) is 8.07. The molecular formula is C17H25N3O2.